The molecule has 4 heteroatoms. The van der Waals surface area contributed by atoms with Gasteiger partial charge in [0.25, 0.3) is 0 Å². The second-order valence-corrected chi connectivity index (χ2v) is 4.46. The molecule has 3 nitrogen and oxygen atoms in total. The highest BCUT2D eigenvalue weighted by Crippen LogP contribution is 2.22. The molecule has 1 rings (SSSR count). The average Bonchev–Trinajstić information content (AvgIpc) is 2.30. The van der Waals surface area contributed by atoms with E-state index in [9.17, 15) is 9.90 Å². The number of aliphatic hydroxyl groups excluding tert-OH is 1. The monoisotopic (exact) mass is 300 g/mol. The summed E-state index contributed by atoms with van der Waals surface area (Å²) in [6.07, 6.45) is 0.0488. The number of aryl methyl sites for hydroxylation is 1. The minimum absolute atomic E-state index is 0.00708. The van der Waals surface area contributed by atoms with E-state index >= 15 is 0 Å². The number of rotatable bonds is 6. The molecule has 0 bridgehead atoms. The topological polar surface area (TPSA) is 46.5 Å². The number of halogens is 1. The van der Waals surface area contributed by atoms with Crippen LogP contribution < -0.4 is 0 Å². The molecule has 0 aliphatic heterocycles. The number of carbonyl (C=O) groups is 1. The van der Waals surface area contributed by atoms with Crippen molar-refractivity contribution in [2.75, 3.05) is 11.9 Å². The van der Waals surface area contributed by atoms with Crippen LogP contribution in [0.3, 0.4) is 0 Å². The van der Waals surface area contributed by atoms with Crippen LogP contribution in [-0.4, -0.2) is 23.0 Å². The minimum atomic E-state index is -0.788. The third kappa shape index (κ3) is 4.48. The highest BCUT2D eigenvalue weighted by atomic mass is 79.9. The summed E-state index contributed by atoms with van der Waals surface area (Å²) in [6.45, 7) is 2.09. The highest BCUT2D eigenvalue weighted by molar-refractivity contribution is 9.09. The number of aliphatic hydroxyl groups is 1. The largest absolute Gasteiger partial charge is 0.466 e. The smallest absolute Gasteiger partial charge is 0.308 e. The van der Waals surface area contributed by atoms with Crippen LogP contribution >= 0.6 is 15.9 Å². The van der Waals surface area contributed by atoms with Crippen molar-refractivity contribution in [3.63, 3.8) is 0 Å². The lowest BCUT2D eigenvalue weighted by atomic mass is 9.99. The summed E-state index contributed by atoms with van der Waals surface area (Å²) in [6, 6.07) is 7.60. The summed E-state index contributed by atoms with van der Waals surface area (Å²) >= 11 is 3.37. The van der Waals surface area contributed by atoms with Crippen LogP contribution in [0.5, 0.6) is 0 Å². The summed E-state index contributed by atoms with van der Waals surface area (Å²) in [5.74, 6) is -0.367. The van der Waals surface area contributed by atoms with Gasteiger partial charge in [0.05, 0.1) is 19.1 Å². The molecule has 0 aliphatic rings. The van der Waals surface area contributed by atoms with Gasteiger partial charge in [-0.25, -0.2) is 0 Å². The maximum absolute atomic E-state index is 11.3. The second-order valence-electron chi connectivity index (χ2n) is 3.66. The molecule has 0 aliphatic carbocycles. The van der Waals surface area contributed by atoms with Crippen LogP contribution in [0.15, 0.2) is 24.3 Å². The lowest BCUT2D eigenvalue weighted by Gasteiger charge is -2.14. The number of hydrogen-bond acceptors (Lipinski definition) is 3. The summed E-state index contributed by atoms with van der Waals surface area (Å²) < 4.78 is 4.83. The zero-order valence-corrected chi connectivity index (χ0v) is 11.4. The maximum atomic E-state index is 11.3. The number of carbonyl (C=O) groups excluding carboxylic acids is 1. The molecule has 1 atom stereocenters. The van der Waals surface area contributed by atoms with Crippen molar-refractivity contribution in [3.8, 4) is 0 Å². The molecule has 1 aromatic carbocycles. The lowest BCUT2D eigenvalue weighted by Crippen LogP contribution is -2.11. The Labute approximate surface area is 110 Å². The molecule has 1 N–H and O–H groups in total. The van der Waals surface area contributed by atoms with E-state index in [0.29, 0.717) is 6.61 Å². The molecular weight excluding hydrogens is 284 g/mol. The van der Waals surface area contributed by atoms with Gasteiger partial charge in [0.1, 0.15) is 0 Å². The van der Waals surface area contributed by atoms with Crippen molar-refractivity contribution in [2.45, 2.75) is 25.9 Å². The Hall–Kier alpha value is -0.870. The van der Waals surface area contributed by atoms with Crippen LogP contribution in [0.1, 0.15) is 30.6 Å². The SMILES string of the molecule is CCOC(=O)CC(O)c1ccccc1CCBr. The Kier molecular flexibility index (Phi) is 6.22. The van der Waals surface area contributed by atoms with Crippen LogP contribution in [0.25, 0.3) is 0 Å². The summed E-state index contributed by atoms with van der Waals surface area (Å²) in [4.78, 5) is 11.3. The predicted molar refractivity (Wildman–Crippen MR) is 70.1 cm³/mol. The molecule has 17 heavy (non-hydrogen) atoms. The van der Waals surface area contributed by atoms with Crippen LogP contribution in [0, 0.1) is 0 Å². The Morgan fingerprint density at radius 2 is 2.18 bits per heavy atom. The maximum Gasteiger partial charge on any atom is 0.308 e. The Morgan fingerprint density at radius 1 is 1.47 bits per heavy atom. The lowest BCUT2D eigenvalue weighted by molar-refractivity contribution is -0.145. The van der Waals surface area contributed by atoms with Crippen molar-refractivity contribution in [1.29, 1.82) is 0 Å². The number of esters is 1. The number of hydrogen-bond donors (Lipinski definition) is 1. The van der Waals surface area contributed by atoms with E-state index in [1.807, 2.05) is 24.3 Å². The summed E-state index contributed by atoms with van der Waals surface area (Å²) in [5, 5.41) is 10.8. The first kappa shape index (κ1) is 14.2. The zero-order valence-electron chi connectivity index (χ0n) is 9.86. The van der Waals surface area contributed by atoms with Gasteiger partial charge in [0, 0.05) is 5.33 Å². The molecule has 0 saturated heterocycles. The Balaban J connectivity index is 2.73. The van der Waals surface area contributed by atoms with E-state index in [0.717, 1.165) is 22.9 Å². The van der Waals surface area contributed by atoms with E-state index in [-0.39, 0.29) is 12.4 Å². The van der Waals surface area contributed by atoms with Crippen LogP contribution in [0.2, 0.25) is 0 Å². The zero-order chi connectivity index (χ0) is 12.7. The molecule has 0 saturated carbocycles. The third-order valence-corrected chi connectivity index (χ3v) is 2.84. The first-order valence-corrected chi connectivity index (χ1v) is 6.78. The van der Waals surface area contributed by atoms with Gasteiger partial charge in [0.2, 0.25) is 0 Å². The molecule has 0 spiro atoms. The fourth-order valence-electron chi connectivity index (χ4n) is 1.68. The van der Waals surface area contributed by atoms with Gasteiger partial charge in [-0.05, 0) is 24.5 Å². The van der Waals surface area contributed by atoms with E-state index in [1.54, 1.807) is 6.92 Å². The van der Waals surface area contributed by atoms with Crippen molar-refractivity contribution >= 4 is 21.9 Å². The van der Waals surface area contributed by atoms with Gasteiger partial charge in [-0.3, -0.25) is 4.79 Å². The number of alkyl halides is 1. The summed E-state index contributed by atoms with van der Waals surface area (Å²) in [5.41, 5.74) is 1.86. The minimum Gasteiger partial charge on any atom is -0.466 e. The highest BCUT2D eigenvalue weighted by Gasteiger charge is 2.16. The van der Waals surface area contributed by atoms with Crippen molar-refractivity contribution < 1.29 is 14.6 Å². The van der Waals surface area contributed by atoms with Gasteiger partial charge in [0.15, 0.2) is 0 Å². The van der Waals surface area contributed by atoms with E-state index < -0.39 is 6.10 Å². The standard InChI is InChI=1S/C13H17BrO3/c1-2-17-13(16)9-12(15)11-6-4-3-5-10(11)7-8-14/h3-6,12,15H,2,7-9H2,1H3. The molecule has 0 fully saturated rings. The van der Waals surface area contributed by atoms with E-state index in [4.69, 9.17) is 4.74 Å². The Bertz CT molecular complexity index is 365. The number of benzene rings is 1. The molecule has 0 heterocycles. The van der Waals surface area contributed by atoms with Gasteiger partial charge in [-0.2, -0.15) is 0 Å². The summed E-state index contributed by atoms with van der Waals surface area (Å²) in [7, 11) is 0. The van der Waals surface area contributed by atoms with Gasteiger partial charge in [-0.1, -0.05) is 40.2 Å². The fourth-order valence-corrected chi connectivity index (χ4v) is 2.10. The Morgan fingerprint density at radius 3 is 2.82 bits per heavy atom. The van der Waals surface area contributed by atoms with E-state index in [1.165, 1.54) is 0 Å². The van der Waals surface area contributed by atoms with Crippen LogP contribution in [0.4, 0.5) is 0 Å². The predicted octanol–water partition coefficient (Wildman–Crippen LogP) is 2.61. The first-order chi connectivity index (χ1) is 8.19. The second kappa shape index (κ2) is 7.45. The molecule has 1 aromatic rings. The molecular formula is C13H17BrO3. The average molecular weight is 301 g/mol. The quantitative estimate of drug-likeness (QED) is 0.649. The molecule has 0 aromatic heterocycles. The van der Waals surface area contributed by atoms with Crippen molar-refractivity contribution in [3.05, 3.63) is 35.4 Å². The van der Waals surface area contributed by atoms with Crippen molar-refractivity contribution in [2.24, 2.45) is 0 Å². The van der Waals surface area contributed by atoms with Gasteiger partial charge >= 0.3 is 5.97 Å². The molecule has 0 amide bonds. The van der Waals surface area contributed by atoms with E-state index in [2.05, 4.69) is 15.9 Å². The van der Waals surface area contributed by atoms with Crippen LogP contribution in [-0.2, 0) is 16.0 Å². The van der Waals surface area contributed by atoms with Gasteiger partial charge < -0.3 is 9.84 Å². The van der Waals surface area contributed by atoms with Crippen molar-refractivity contribution in [1.82, 2.24) is 0 Å². The molecule has 0 radical (unpaired) electrons. The third-order valence-electron chi connectivity index (χ3n) is 2.44. The first-order valence-electron chi connectivity index (χ1n) is 5.66. The normalized spacial score (nSPS) is 12.2. The molecule has 94 valence electrons. The molecule has 1 unspecified atom stereocenters. The number of ether oxygens (including phenoxy) is 1. The fraction of sp³-hybridized carbons (Fsp3) is 0.462. The van der Waals surface area contributed by atoms with Gasteiger partial charge in [-0.15, -0.1) is 0 Å².